The standard InChI is InChI=1S/C23H30N6O2/c1-3-24-23(26-16-22-28-27-21-10-6-7-13-29(21)22)25-15-17-11-12-19(30-2)20(14-17)31-18-8-4-5-9-18/h6-7,10-14,18H,3-5,8-9,15-16H2,1-2H3,(H2,24,25,26). The highest BCUT2D eigenvalue weighted by atomic mass is 16.5. The Balaban J connectivity index is 1.43. The largest absolute Gasteiger partial charge is 0.493 e. The van der Waals surface area contributed by atoms with Crippen LogP contribution in [0.1, 0.15) is 44.0 Å². The molecule has 2 aromatic heterocycles. The number of methoxy groups -OCH3 is 1. The van der Waals surface area contributed by atoms with E-state index in [2.05, 4.69) is 20.8 Å². The maximum atomic E-state index is 6.21. The molecule has 1 aliphatic rings. The van der Waals surface area contributed by atoms with Crippen LogP contribution >= 0.6 is 0 Å². The highest BCUT2D eigenvalue weighted by Crippen LogP contribution is 2.32. The molecule has 8 heteroatoms. The normalized spacial score (nSPS) is 14.7. The molecule has 0 atom stereocenters. The monoisotopic (exact) mass is 422 g/mol. The number of hydrogen-bond donors (Lipinski definition) is 2. The number of rotatable bonds is 8. The quantitative estimate of drug-likeness (QED) is 0.428. The van der Waals surface area contributed by atoms with Gasteiger partial charge in [-0.25, -0.2) is 4.99 Å². The molecule has 2 heterocycles. The first-order valence-electron chi connectivity index (χ1n) is 10.9. The van der Waals surface area contributed by atoms with Gasteiger partial charge in [-0.3, -0.25) is 4.40 Å². The van der Waals surface area contributed by atoms with Gasteiger partial charge in [-0.05, 0) is 62.4 Å². The predicted molar refractivity (Wildman–Crippen MR) is 121 cm³/mol. The Kier molecular flexibility index (Phi) is 6.86. The minimum atomic E-state index is 0.282. The number of aliphatic imine (C=N–C) groups is 1. The molecule has 1 fully saturated rings. The molecule has 0 amide bonds. The Morgan fingerprint density at radius 1 is 1.13 bits per heavy atom. The second kappa shape index (κ2) is 10.1. The highest BCUT2D eigenvalue weighted by molar-refractivity contribution is 5.79. The van der Waals surface area contributed by atoms with Crippen LogP contribution in [0.15, 0.2) is 47.6 Å². The first-order valence-corrected chi connectivity index (χ1v) is 10.9. The summed E-state index contributed by atoms with van der Waals surface area (Å²) in [5.74, 6) is 3.13. The highest BCUT2D eigenvalue weighted by Gasteiger charge is 2.18. The Morgan fingerprint density at radius 2 is 2.00 bits per heavy atom. The van der Waals surface area contributed by atoms with Gasteiger partial charge >= 0.3 is 0 Å². The summed E-state index contributed by atoms with van der Waals surface area (Å²) in [7, 11) is 1.68. The molecule has 31 heavy (non-hydrogen) atoms. The number of guanidine groups is 1. The fourth-order valence-electron chi connectivity index (χ4n) is 3.78. The van der Waals surface area contributed by atoms with E-state index in [4.69, 9.17) is 14.5 Å². The van der Waals surface area contributed by atoms with Crippen LogP contribution in [-0.4, -0.2) is 40.3 Å². The van der Waals surface area contributed by atoms with Crippen LogP contribution in [0.25, 0.3) is 5.65 Å². The molecule has 8 nitrogen and oxygen atoms in total. The number of aromatic nitrogens is 3. The summed E-state index contributed by atoms with van der Waals surface area (Å²) in [5, 5.41) is 15.1. The maximum Gasteiger partial charge on any atom is 0.191 e. The summed E-state index contributed by atoms with van der Waals surface area (Å²) >= 11 is 0. The molecule has 0 spiro atoms. The van der Waals surface area contributed by atoms with Crippen LogP contribution in [0.3, 0.4) is 0 Å². The average molecular weight is 423 g/mol. The van der Waals surface area contributed by atoms with E-state index >= 15 is 0 Å². The van der Waals surface area contributed by atoms with Gasteiger partial charge in [0.15, 0.2) is 28.9 Å². The Labute approximate surface area is 182 Å². The van der Waals surface area contributed by atoms with Gasteiger partial charge in [0.25, 0.3) is 0 Å². The molecule has 1 aliphatic carbocycles. The molecule has 0 radical (unpaired) electrons. The van der Waals surface area contributed by atoms with Gasteiger partial charge in [0.05, 0.1) is 26.3 Å². The van der Waals surface area contributed by atoms with Crippen molar-refractivity contribution in [1.82, 2.24) is 25.2 Å². The predicted octanol–water partition coefficient (Wildman–Crippen LogP) is 3.31. The summed E-state index contributed by atoms with van der Waals surface area (Å²) < 4.78 is 13.7. The lowest BCUT2D eigenvalue weighted by atomic mass is 10.2. The SMILES string of the molecule is CCNC(=NCc1ccc(OC)c(OC2CCCC2)c1)NCc1nnc2ccccn12. The summed E-state index contributed by atoms with van der Waals surface area (Å²) in [6.07, 6.45) is 6.92. The lowest BCUT2D eigenvalue weighted by Gasteiger charge is -2.17. The van der Waals surface area contributed by atoms with E-state index in [1.807, 2.05) is 53.9 Å². The van der Waals surface area contributed by atoms with Crippen molar-refractivity contribution in [1.29, 1.82) is 0 Å². The van der Waals surface area contributed by atoms with E-state index in [1.165, 1.54) is 12.8 Å². The molecule has 164 valence electrons. The van der Waals surface area contributed by atoms with Crippen LogP contribution in [0.5, 0.6) is 11.5 Å². The number of fused-ring (bicyclic) bond motifs is 1. The van der Waals surface area contributed by atoms with E-state index < -0.39 is 0 Å². The zero-order valence-corrected chi connectivity index (χ0v) is 18.2. The Hall–Kier alpha value is -3.29. The van der Waals surface area contributed by atoms with Crippen molar-refractivity contribution in [3.05, 3.63) is 54.0 Å². The van der Waals surface area contributed by atoms with Gasteiger partial charge in [0.1, 0.15) is 0 Å². The topological polar surface area (TPSA) is 85.1 Å². The third-order valence-corrected chi connectivity index (χ3v) is 5.39. The van der Waals surface area contributed by atoms with Gasteiger partial charge in [-0.2, -0.15) is 0 Å². The number of benzene rings is 1. The van der Waals surface area contributed by atoms with Gasteiger partial charge in [-0.15, -0.1) is 10.2 Å². The van der Waals surface area contributed by atoms with Crippen molar-refractivity contribution >= 4 is 11.6 Å². The van der Waals surface area contributed by atoms with E-state index in [0.717, 1.165) is 53.9 Å². The van der Waals surface area contributed by atoms with Gasteiger partial charge in [0.2, 0.25) is 0 Å². The summed E-state index contributed by atoms with van der Waals surface area (Å²) in [6, 6.07) is 11.9. The lowest BCUT2D eigenvalue weighted by Crippen LogP contribution is -2.37. The third-order valence-electron chi connectivity index (χ3n) is 5.39. The van der Waals surface area contributed by atoms with Crippen LogP contribution in [0.2, 0.25) is 0 Å². The van der Waals surface area contributed by atoms with E-state index in [9.17, 15) is 0 Å². The number of nitrogens with one attached hydrogen (secondary N) is 2. The number of nitrogens with zero attached hydrogens (tertiary/aromatic N) is 4. The van der Waals surface area contributed by atoms with Gasteiger partial charge < -0.3 is 20.1 Å². The molecule has 1 aromatic carbocycles. The third kappa shape index (κ3) is 5.25. The fourth-order valence-corrected chi connectivity index (χ4v) is 3.78. The fraction of sp³-hybridized carbons (Fsp3) is 0.435. The molecule has 2 N–H and O–H groups in total. The average Bonchev–Trinajstić information content (AvgIpc) is 3.46. The number of ether oxygens (including phenoxy) is 2. The summed E-state index contributed by atoms with van der Waals surface area (Å²) in [5.41, 5.74) is 1.90. The molecule has 0 aliphatic heterocycles. The Bertz CT molecular complexity index is 1030. The second-order valence-electron chi connectivity index (χ2n) is 7.60. The van der Waals surface area contributed by atoms with Gasteiger partial charge in [0, 0.05) is 12.7 Å². The summed E-state index contributed by atoms with van der Waals surface area (Å²) in [6.45, 7) is 3.87. The first-order chi connectivity index (χ1) is 15.3. The zero-order chi connectivity index (χ0) is 21.5. The van der Waals surface area contributed by atoms with Crippen molar-refractivity contribution < 1.29 is 9.47 Å². The van der Waals surface area contributed by atoms with E-state index in [-0.39, 0.29) is 6.10 Å². The van der Waals surface area contributed by atoms with Crippen LogP contribution in [0, 0.1) is 0 Å². The van der Waals surface area contributed by atoms with Crippen LogP contribution in [0.4, 0.5) is 0 Å². The summed E-state index contributed by atoms with van der Waals surface area (Å²) in [4.78, 5) is 4.73. The minimum Gasteiger partial charge on any atom is -0.493 e. The first kappa shape index (κ1) is 21.0. The Morgan fingerprint density at radius 3 is 2.81 bits per heavy atom. The van der Waals surface area contributed by atoms with Crippen molar-refractivity contribution in [2.45, 2.75) is 51.8 Å². The second-order valence-corrected chi connectivity index (χ2v) is 7.60. The number of pyridine rings is 1. The minimum absolute atomic E-state index is 0.282. The molecule has 0 unspecified atom stereocenters. The van der Waals surface area contributed by atoms with Crippen molar-refractivity contribution in [3.63, 3.8) is 0 Å². The zero-order valence-electron chi connectivity index (χ0n) is 18.2. The molecule has 4 rings (SSSR count). The van der Waals surface area contributed by atoms with E-state index in [0.29, 0.717) is 13.1 Å². The molecule has 3 aromatic rings. The maximum absolute atomic E-state index is 6.21. The van der Waals surface area contributed by atoms with Crippen molar-refractivity contribution in [2.24, 2.45) is 4.99 Å². The van der Waals surface area contributed by atoms with Crippen LogP contribution < -0.4 is 20.1 Å². The van der Waals surface area contributed by atoms with Crippen LogP contribution in [-0.2, 0) is 13.1 Å². The lowest BCUT2D eigenvalue weighted by molar-refractivity contribution is 0.200. The smallest absolute Gasteiger partial charge is 0.191 e. The molecule has 0 bridgehead atoms. The van der Waals surface area contributed by atoms with Crippen molar-refractivity contribution in [3.8, 4) is 11.5 Å². The van der Waals surface area contributed by atoms with Gasteiger partial charge in [-0.1, -0.05) is 12.1 Å². The molecular weight excluding hydrogens is 392 g/mol. The number of hydrogen-bond acceptors (Lipinski definition) is 5. The molecule has 1 saturated carbocycles. The van der Waals surface area contributed by atoms with Crippen molar-refractivity contribution in [2.75, 3.05) is 13.7 Å². The van der Waals surface area contributed by atoms with E-state index in [1.54, 1.807) is 7.11 Å². The molecular formula is C23H30N6O2. The molecule has 0 saturated heterocycles.